The molecule has 0 N–H and O–H groups in total. The van der Waals surface area contributed by atoms with Crippen LogP contribution in [0.5, 0.6) is 0 Å². The van der Waals surface area contributed by atoms with E-state index in [9.17, 15) is 9.59 Å². The van der Waals surface area contributed by atoms with Gasteiger partial charge >= 0.3 is 5.97 Å². The Morgan fingerprint density at radius 3 is 2.43 bits per heavy atom. The molecule has 186 valence electrons. The van der Waals surface area contributed by atoms with Crippen molar-refractivity contribution >= 4 is 17.3 Å². The van der Waals surface area contributed by atoms with Gasteiger partial charge in [-0.05, 0) is 75.3 Å². The van der Waals surface area contributed by atoms with Crippen molar-refractivity contribution < 1.29 is 14.3 Å². The lowest BCUT2D eigenvalue weighted by Gasteiger charge is -2.28. The molecule has 1 aliphatic carbocycles. The van der Waals surface area contributed by atoms with Crippen molar-refractivity contribution in [3.63, 3.8) is 0 Å². The van der Waals surface area contributed by atoms with Crippen molar-refractivity contribution in [1.82, 2.24) is 9.78 Å². The summed E-state index contributed by atoms with van der Waals surface area (Å²) in [6.45, 7) is 6.74. The Hall–Kier alpha value is -2.77. The van der Waals surface area contributed by atoms with Crippen LogP contribution in [0.25, 0.3) is 22.4 Å². The minimum Gasteiger partial charge on any atom is -0.458 e. The Bertz CT molecular complexity index is 1160. The Morgan fingerprint density at radius 1 is 1.06 bits per heavy atom. The summed E-state index contributed by atoms with van der Waals surface area (Å²) < 4.78 is 12.6. The molecule has 35 heavy (non-hydrogen) atoms. The molecular weight excluding hydrogens is 460 g/mol. The highest BCUT2D eigenvalue weighted by atomic mass is 32.1. The lowest BCUT2D eigenvalue weighted by atomic mass is 9.82. The number of aromatic nitrogens is 2. The number of hydrogen-bond acceptors (Lipinski definition) is 6. The van der Waals surface area contributed by atoms with Crippen molar-refractivity contribution in [3.8, 4) is 22.4 Å². The highest BCUT2D eigenvalue weighted by molar-refractivity contribution is 7.08. The van der Waals surface area contributed by atoms with E-state index in [1.165, 1.54) is 0 Å². The second kappa shape index (κ2) is 11.3. The van der Waals surface area contributed by atoms with Gasteiger partial charge in [0.05, 0.1) is 12.3 Å². The summed E-state index contributed by atoms with van der Waals surface area (Å²) in [5, 5.41) is 8.95. The summed E-state index contributed by atoms with van der Waals surface area (Å²) in [7, 11) is 0. The number of carbonyl (C=O) groups is 1. The summed E-state index contributed by atoms with van der Waals surface area (Å²) in [6, 6.07) is 13.7. The highest BCUT2D eigenvalue weighted by Crippen LogP contribution is 2.32. The van der Waals surface area contributed by atoms with Crippen LogP contribution in [0.1, 0.15) is 46.5 Å². The first-order chi connectivity index (χ1) is 16.8. The zero-order chi connectivity index (χ0) is 24.8. The molecule has 7 heteroatoms. The zero-order valence-corrected chi connectivity index (χ0v) is 21.6. The predicted molar refractivity (Wildman–Crippen MR) is 139 cm³/mol. The van der Waals surface area contributed by atoms with Crippen molar-refractivity contribution in [3.05, 3.63) is 63.6 Å². The van der Waals surface area contributed by atoms with E-state index >= 15 is 0 Å². The third kappa shape index (κ3) is 7.12. The Labute approximate surface area is 210 Å². The summed E-state index contributed by atoms with van der Waals surface area (Å²) in [4.78, 5) is 24.8. The standard InChI is InChI=1S/C28H34N2O4S/c1-28(2,3)34-26(32)18-33-17-21-11-9-20(10-12-21)16-30-25(31)15-24(22-7-5-4-6-8-22)27(29-30)23-13-14-35-19-23/h4-8,13-15,19-21H,9-12,16-18H2,1-3H3/t20-,21-. The normalized spacial score (nSPS) is 18.4. The van der Waals surface area contributed by atoms with E-state index < -0.39 is 5.60 Å². The van der Waals surface area contributed by atoms with Gasteiger partial charge in [-0.1, -0.05) is 30.3 Å². The summed E-state index contributed by atoms with van der Waals surface area (Å²) in [5.41, 5.74) is 3.20. The van der Waals surface area contributed by atoms with Gasteiger partial charge in [-0.15, -0.1) is 0 Å². The van der Waals surface area contributed by atoms with Crippen molar-refractivity contribution in [2.45, 2.75) is 58.6 Å². The molecular formula is C28H34N2O4S. The van der Waals surface area contributed by atoms with Crippen LogP contribution in [0.15, 0.2) is 58.0 Å². The van der Waals surface area contributed by atoms with Crippen LogP contribution in [0.2, 0.25) is 0 Å². The van der Waals surface area contributed by atoms with Crippen molar-refractivity contribution in [1.29, 1.82) is 0 Å². The van der Waals surface area contributed by atoms with Gasteiger partial charge in [-0.2, -0.15) is 16.4 Å². The lowest BCUT2D eigenvalue weighted by molar-refractivity contribution is -0.160. The summed E-state index contributed by atoms with van der Waals surface area (Å²) in [5.74, 6) is 0.511. The third-order valence-corrected chi connectivity index (χ3v) is 6.95. The summed E-state index contributed by atoms with van der Waals surface area (Å²) in [6.07, 6.45) is 4.08. The molecule has 0 spiro atoms. The largest absolute Gasteiger partial charge is 0.458 e. The topological polar surface area (TPSA) is 70.4 Å². The van der Waals surface area contributed by atoms with Crippen LogP contribution >= 0.6 is 11.3 Å². The number of esters is 1. The summed E-state index contributed by atoms with van der Waals surface area (Å²) >= 11 is 1.63. The molecule has 0 amide bonds. The Kier molecular flexibility index (Phi) is 8.19. The maximum atomic E-state index is 13.0. The molecule has 0 bridgehead atoms. The maximum absolute atomic E-state index is 13.0. The molecule has 0 atom stereocenters. The smallest absolute Gasteiger partial charge is 0.332 e. The second-order valence-corrected chi connectivity index (χ2v) is 11.1. The fourth-order valence-corrected chi connectivity index (χ4v) is 5.22. The fourth-order valence-electron chi connectivity index (χ4n) is 4.58. The first-order valence-electron chi connectivity index (χ1n) is 12.3. The van der Waals surface area contributed by atoms with Crippen LogP contribution in [-0.4, -0.2) is 34.6 Å². The third-order valence-electron chi connectivity index (χ3n) is 6.27. The van der Waals surface area contributed by atoms with E-state index in [1.807, 2.05) is 56.5 Å². The fraction of sp³-hybridized carbons (Fsp3) is 0.464. The molecule has 6 nitrogen and oxygen atoms in total. The highest BCUT2D eigenvalue weighted by Gasteiger charge is 2.24. The van der Waals surface area contributed by atoms with Gasteiger partial charge in [0.25, 0.3) is 5.56 Å². The number of ether oxygens (including phenoxy) is 2. The van der Waals surface area contributed by atoms with Gasteiger partial charge in [-0.25, -0.2) is 9.48 Å². The van der Waals surface area contributed by atoms with Crippen LogP contribution in [-0.2, 0) is 20.8 Å². The van der Waals surface area contributed by atoms with E-state index in [-0.39, 0.29) is 18.1 Å². The van der Waals surface area contributed by atoms with E-state index in [0.29, 0.717) is 25.0 Å². The molecule has 2 heterocycles. The van der Waals surface area contributed by atoms with Gasteiger partial charge in [-0.3, -0.25) is 4.79 Å². The van der Waals surface area contributed by atoms with Crippen molar-refractivity contribution in [2.75, 3.05) is 13.2 Å². The van der Waals surface area contributed by atoms with E-state index in [0.717, 1.165) is 48.1 Å². The average molecular weight is 495 g/mol. The molecule has 0 unspecified atom stereocenters. The Morgan fingerprint density at radius 2 is 1.77 bits per heavy atom. The molecule has 1 saturated carbocycles. The predicted octanol–water partition coefficient (Wildman–Crippen LogP) is 5.80. The van der Waals surface area contributed by atoms with Crippen LogP contribution in [0, 0.1) is 11.8 Å². The first kappa shape index (κ1) is 25.3. The molecule has 3 aromatic rings. The van der Waals surface area contributed by atoms with Crippen LogP contribution < -0.4 is 5.56 Å². The van der Waals surface area contributed by atoms with Gasteiger partial charge < -0.3 is 9.47 Å². The quantitative estimate of drug-likeness (QED) is 0.370. The number of rotatable bonds is 8. The molecule has 0 radical (unpaired) electrons. The van der Waals surface area contributed by atoms with Gasteiger partial charge in [0.1, 0.15) is 12.2 Å². The SMILES string of the molecule is CC(C)(C)OC(=O)COC[C@H]1CC[C@H](Cn2nc(-c3ccsc3)c(-c3ccccc3)cc2=O)CC1. The molecule has 2 aromatic heterocycles. The van der Waals surface area contributed by atoms with E-state index in [1.54, 1.807) is 22.1 Å². The molecule has 1 aromatic carbocycles. The van der Waals surface area contributed by atoms with Crippen LogP contribution in [0.4, 0.5) is 0 Å². The zero-order valence-electron chi connectivity index (χ0n) is 20.7. The number of hydrogen-bond donors (Lipinski definition) is 0. The first-order valence-corrected chi connectivity index (χ1v) is 13.2. The minimum atomic E-state index is -0.493. The number of benzene rings is 1. The second-order valence-electron chi connectivity index (χ2n) is 10.3. The molecule has 4 rings (SSSR count). The minimum absolute atomic E-state index is 0.00433. The lowest BCUT2D eigenvalue weighted by Crippen LogP contribution is -2.30. The molecule has 1 fully saturated rings. The van der Waals surface area contributed by atoms with Crippen LogP contribution in [0.3, 0.4) is 0 Å². The van der Waals surface area contributed by atoms with Crippen molar-refractivity contribution in [2.24, 2.45) is 11.8 Å². The van der Waals surface area contributed by atoms with Gasteiger partial charge in [0, 0.05) is 29.1 Å². The van der Waals surface area contributed by atoms with E-state index in [2.05, 4.69) is 11.4 Å². The number of thiophene rings is 1. The van der Waals surface area contributed by atoms with Gasteiger partial charge in [0.2, 0.25) is 0 Å². The van der Waals surface area contributed by atoms with Gasteiger partial charge in [0.15, 0.2) is 0 Å². The molecule has 0 aliphatic heterocycles. The molecule has 0 saturated heterocycles. The molecule has 1 aliphatic rings. The number of carbonyl (C=O) groups excluding carboxylic acids is 1. The maximum Gasteiger partial charge on any atom is 0.332 e. The van der Waals surface area contributed by atoms with E-state index in [4.69, 9.17) is 14.6 Å². The monoisotopic (exact) mass is 494 g/mol. The number of nitrogens with zero attached hydrogens (tertiary/aromatic N) is 2. The average Bonchev–Trinajstić information content (AvgIpc) is 3.35. The Balaban J connectivity index is 1.37.